The van der Waals surface area contributed by atoms with Gasteiger partial charge < -0.3 is 19.3 Å². The topological polar surface area (TPSA) is 106 Å². The van der Waals surface area contributed by atoms with E-state index >= 15 is 0 Å². The molecule has 144 valence electrons. The number of benzene rings is 1. The Labute approximate surface area is 154 Å². The van der Waals surface area contributed by atoms with Gasteiger partial charge in [0.15, 0.2) is 0 Å². The van der Waals surface area contributed by atoms with Gasteiger partial charge in [-0.05, 0) is 30.7 Å². The van der Waals surface area contributed by atoms with E-state index in [0.29, 0.717) is 36.0 Å². The first-order valence-electron chi connectivity index (χ1n) is 8.62. The zero-order chi connectivity index (χ0) is 19.4. The van der Waals surface area contributed by atoms with E-state index in [1.807, 2.05) is 0 Å². The lowest BCUT2D eigenvalue weighted by Gasteiger charge is -2.34. The number of carboxylic acid groups (broad SMARTS) is 1. The third-order valence-electron chi connectivity index (χ3n) is 4.40. The van der Waals surface area contributed by atoms with Crippen molar-refractivity contribution in [1.29, 1.82) is 0 Å². The second-order valence-corrected chi connectivity index (χ2v) is 6.39. The highest BCUT2D eigenvalue weighted by molar-refractivity contribution is 5.78. The van der Waals surface area contributed by atoms with Crippen LogP contribution in [0.2, 0.25) is 0 Å². The van der Waals surface area contributed by atoms with Crippen molar-refractivity contribution < 1.29 is 28.3 Å². The summed E-state index contributed by atoms with van der Waals surface area (Å²) >= 11 is 0. The molecule has 2 heterocycles. The zero-order valence-electron chi connectivity index (χ0n) is 14.9. The summed E-state index contributed by atoms with van der Waals surface area (Å²) in [5.74, 6) is -0.838. The highest BCUT2D eigenvalue weighted by atomic mass is 19.1. The minimum absolute atomic E-state index is 0.125. The standard InChI is InChI=1S/C18H20FN3O5/c1-11-8-12(2-3-14(11)19)18-20-15(27-21-18)4-5-16(23)22-6-7-26-10-13(22)9-17(24)25/h2-3,8,13H,4-7,9-10H2,1H3,(H,24,25). The van der Waals surface area contributed by atoms with Crippen molar-refractivity contribution in [2.24, 2.45) is 0 Å². The number of nitrogens with zero attached hydrogens (tertiary/aromatic N) is 3. The molecule has 9 heteroatoms. The van der Waals surface area contributed by atoms with Gasteiger partial charge >= 0.3 is 5.97 Å². The molecule has 1 aliphatic rings. The Morgan fingerprint density at radius 2 is 2.22 bits per heavy atom. The third kappa shape index (κ3) is 4.68. The van der Waals surface area contributed by atoms with Gasteiger partial charge in [-0.1, -0.05) is 5.16 Å². The molecule has 3 rings (SSSR count). The second kappa shape index (κ2) is 8.26. The molecule has 1 aromatic heterocycles. The van der Waals surface area contributed by atoms with Crippen LogP contribution in [0.1, 0.15) is 24.3 Å². The Kier molecular flexibility index (Phi) is 5.80. The molecule has 1 aliphatic heterocycles. The number of morpholine rings is 1. The van der Waals surface area contributed by atoms with E-state index in [1.165, 1.54) is 11.0 Å². The molecule has 1 saturated heterocycles. The second-order valence-electron chi connectivity index (χ2n) is 6.39. The number of aryl methyl sites for hydroxylation is 2. The van der Waals surface area contributed by atoms with Crippen molar-refractivity contribution in [2.45, 2.75) is 32.2 Å². The molecule has 0 bridgehead atoms. The molecule has 8 nitrogen and oxygen atoms in total. The Morgan fingerprint density at radius 3 is 2.96 bits per heavy atom. The minimum Gasteiger partial charge on any atom is -0.481 e. The van der Waals surface area contributed by atoms with Gasteiger partial charge in [-0.3, -0.25) is 9.59 Å². The molecule has 27 heavy (non-hydrogen) atoms. The molecule has 1 fully saturated rings. The lowest BCUT2D eigenvalue weighted by Crippen LogP contribution is -2.49. The van der Waals surface area contributed by atoms with E-state index in [0.717, 1.165) is 0 Å². The summed E-state index contributed by atoms with van der Waals surface area (Å²) in [6, 6.07) is 4.06. The monoisotopic (exact) mass is 377 g/mol. The summed E-state index contributed by atoms with van der Waals surface area (Å²) < 4.78 is 23.8. The number of ether oxygens (including phenoxy) is 1. The van der Waals surface area contributed by atoms with Crippen molar-refractivity contribution in [3.8, 4) is 11.4 Å². The maximum Gasteiger partial charge on any atom is 0.305 e. The van der Waals surface area contributed by atoms with E-state index in [4.69, 9.17) is 14.4 Å². The van der Waals surface area contributed by atoms with Crippen LogP contribution in [0.25, 0.3) is 11.4 Å². The molecule has 1 amide bonds. The summed E-state index contributed by atoms with van der Waals surface area (Å²) in [4.78, 5) is 29.2. The molecule has 0 aliphatic carbocycles. The van der Waals surface area contributed by atoms with Gasteiger partial charge in [0.2, 0.25) is 17.6 Å². The van der Waals surface area contributed by atoms with Crippen molar-refractivity contribution in [2.75, 3.05) is 19.8 Å². The van der Waals surface area contributed by atoms with Crippen LogP contribution in [0.5, 0.6) is 0 Å². The first kappa shape index (κ1) is 19.0. The first-order chi connectivity index (χ1) is 12.9. The van der Waals surface area contributed by atoms with Crippen LogP contribution in [0.3, 0.4) is 0 Å². The smallest absolute Gasteiger partial charge is 0.305 e. The fraction of sp³-hybridized carbons (Fsp3) is 0.444. The Balaban J connectivity index is 1.61. The number of amides is 1. The summed E-state index contributed by atoms with van der Waals surface area (Å²) in [5, 5.41) is 12.8. The number of aromatic nitrogens is 2. The van der Waals surface area contributed by atoms with Gasteiger partial charge in [-0.15, -0.1) is 0 Å². The Morgan fingerprint density at radius 1 is 1.41 bits per heavy atom. The van der Waals surface area contributed by atoms with Crippen LogP contribution < -0.4 is 0 Å². The highest BCUT2D eigenvalue weighted by Crippen LogP contribution is 2.20. The van der Waals surface area contributed by atoms with Gasteiger partial charge in [0.25, 0.3) is 0 Å². The molecular formula is C18H20FN3O5. The number of carbonyl (C=O) groups excluding carboxylic acids is 1. The van der Waals surface area contributed by atoms with E-state index in [-0.39, 0.29) is 37.6 Å². The third-order valence-corrected chi connectivity index (χ3v) is 4.40. The van der Waals surface area contributed by atoms with Crippen molar-refractivity contribution in [3.05, 3.63) is 35.5 Å². The van der Waals surface area contributed by atoms with Gasteiger partial charge in [0.1, 0.15) is 5.82 Å². The maximum atomic E-state index is 13.4. The fourth-order valence-electron chi connectivity index (χ4n) is 2.97. The number of hydrogen-bond acceptors (Lipinski definition) is 6. The van der Waals surface area contributed by atoms with Gasteiger partial charge in [0.05, 0.1) is 25.7 Å². The van der Waals surface area contributed by atoms with Crippen LogP contribution in [-0.4, -0.2) is 57.8 Å². The summed E-state index contributed by atoms with van der Waals surface area (Å²) in [6.07, 6.45) is 0.212. The van der Waals surface area contributed by atoms with E-state index in [2.05, 4.69) is 10.1 Å². The Bertz CT molecular complexity index is 838. The normalized spacial score (nSPS) is 17.1. The van der Waals surface area contributed by atoms with E-state index < -0.39 is 12.0 Å². The van der Waals surface area contributed by atoms with Gasteiger partial charge in [-0.25, -0.2) is 4.39 Å². The van der Waals surface area contributed by atoms with Crippen molar-refractivity contribution in [1.82, 2.24) is 15.0 Å². The van der Waals surface area contributed by atoms with E-state index in [9.17, 15) is 14.0 Å². The van der Waals surface area contributed by atoms with Crippen LogP contribution in [0.15, 0.2) is 22.7 Å². The Hall–Kier alpha value is -2.81. The van der Waals surface area contributed by atoms with E-state index in [1.54, 1.807) is 19.1 Å². The largest absolute Gasteiger partial charge is 0.481 e. The number of rotatable bonds is 6. The molecule has 1 N–H and O–H groups in total. The summed E-state index contributed by atoms with van der Waals surface area (Å²) in [6.45, 7) is 2.61. The van der Waals surface area contributed by atoms with Crippen LogP contribution in [0.4, 0.5) is 4.39 Å². The van der Waals surface area contributed by atoms with Crippen LogP contribution in [0, 0.1) is 12.7 Å². The molecule has 0 saturated carbocycles. The quantitative estimate of drug-likeness (QED) is 0.818. The first-order valence-corrected chi connectivity index (χ1v) is 8.62. The number of halogens is 1. The predicted molar refractivity (Wildman–Crippen MR) is 91.3 cm³/mol. The molecule has 2 aromatic rings. The molecule has 1 unspecified atom stereocenters. The maximum absolute atomic E-state index is 13.4. The summed E-state index contributed by atoms with van der Waals surface area (Å²) in [7, 11) is 0. The molecular weight excluding hydrogens is 357 g/mol. The average molecular weight is 377 g/mol. The van der Waals surface area contributed by atoms with Crippen LogP contribution in [-0.2, 0) is 20.7 Å². The molecule has 0 radical (unpaired) electrons. The zero-order valence-corrected chi connectivity index (χ0v) is 14.9. The van der Waals surface area contributed by atoms with Crippen LogP contribution >= 0.6 is 0 Å². The lowest BCUT2D eigenvalue weighted by molar-refractivity contribution is -0.146. The minimum atomic E-state index is -0.973. The molecule has 1 aromatic carbocycles. The van der Waals surface area contributed by atoms with Crippen molar-refractivity contribution >= 4 is 11.9 Å². The highest BCUT2D eigenvalue weighted by Gasteiger charge is 2.29. The summed E-state index contributed by atoms with van der Waals surface area (Å²) in [5.41, 5.74) is 1.11. The number of aliphatic carboxylic acids is 1. The fourth-order valence-corrected chi connectivity index (χ4v) is 2.97. The lowest BCUT2D eigenvalue weighted by atomic mass is 10.1. The van der Waals surface area contributed by atoms with Crippen molar-refractivity contribution in [3.63, 3.8) is 0 Å². The SMILES string of the molecule is Cc1cc(-c2noc(CCC(=O)N3CCOCC3CC(=O)O)n2)ccc1F. The van der Waals surface area contributed by atoms with Gasteiger partial charge in [0, 0.05) is 24.9 Å². The molecule has 0 spiro atoms. The molecule has 1 atom stereocenters. The average Bonchev–Trinajstić information content (AvgIpc) is 3.11. The number of carboxylic acids is 1. The van der Waals surface area contributed by atoms with Gasteiger partial charge in [-0.2, -0.15) is 4.98 Å². The predicted octanol–water partition coefficient (Wildman–Crippen LogP) is 1.82. The number of hydrogen-bond donors (Lipinski definition) is 1. The number of carbonyl (C=O) groups is 2.